The number of fused-ring (bicyclic) bond motifs is 2. The zero-order valence-corrected chi connectivity index (χ0v) is 17.1. The quantitative estimate of drug-likeness (QED) is 0.331. The fourth-order valence-corrected chi connectivity index (χ4v) is 3.31. The third kappa shape index (κ3) is 5.45. The number of carbonyl (C=O) groups excluding carboxylic acids is 4. The first-order valence-corrected chi connectivity index (χ1v) is 9.82. The Hall–Kier alpha value is -2.12. The fraction of sp³-hybridized carbons (Fsp3) is 0.800. The van der Waals surface area contributed by atoms with Gasteiger partial charge in [0.2, 0.25) is 0 Å². The summed E-state index contributed by atoms with van der Waals surface area (Å²) in [6, 6.07) is 0. The lowest BCUT2D eigenvalue weighted by Crippen LogP contribution is -2.44. The highest BCUT2D eigenvalue weighted by atomic mass is 16.6. The average molecular weight is 398 g/mol. The molecule has 3 unspecified atom stereocenters. The topological polar surface area (TPSA) is 105 Å². The van der Waals surface area contributed by atoms with Crippen molar-refractivity contribution >= 4 is 23.9 Å². The molecule has 1 saturated carbocycles. The van der Waals surface area contributed by atoms with Crippen LogP contribution in [0.4, 0.5) is 0 Å². The van der Waals surface area contributed by atoms with Gasteiger partial charge in [-0.1, -0.05) is 6.92 Å². The molecule has 2 bridgehead atoms. The van der Waals surface area contributed by atoms with Gasteiger partial charge in [-0.15, -0.1) is 0 Å². The fourth-order valence-electron chi connectivity index (χ4n) is 3.31. The zero-order chi connectivity index (χ0) is 20.9. The molecule has 1 aliphatic heterocycles. The molecule has 1 heterocycles. The molecule has 8 heteroatoms. The third-order valence-corrected chi connectivity index (χ3v) is 5.60. The van der Waals surface area contributed by atoms with E-state index in [1.54, 1.807) is 20.8 Å². The van der Waals surface area contributed by atoms with Gasteiger partial charge in [0, 0.05) is 6.42 Å². The van der Waals surface area contributed by atoms with E-state index < -0.39 is 29.1 Å². The van der Waals surface area contributed by atoms with Crippen molar-refractivity contribution in [3.05, 3.63) is 0 Å². The van der Waals surface area contributed by atoms with E-state index in [1.165, 1.54) is 0 Å². The first-order valence-electron chi connectivity index (χ1n) is 9.82. The van der Waals surface area contributed by atoms with Gasteiger partial charge in [0.25, 0.3) is 0 Å². The van der Waals surface area contributed by atoms with Crippen LogP contribution in [0.25, 0.3) is 0 Å². The molecule has 0 aromatic heterocycles. The van der Waals surface area contributed by atoms with Crippen LogP contribution in [0.15, 0.2) is 0 Å². The number of hydrogen-bond donors (Lipinski definition) is 0. The van der Waals surface area contributed by atoms with E-state index in [4.69, 9.17) is 18.9 Å². The summed E-state index contributed by atoms with van der Waals surface area (Å²) >= 11 is 0. The zero-order valence-electron chi connectivity index (χ0n) is 17.1. The van der Waals surface area contributed by atoms with E-state index in [9.17, 15) is 19.2 Å². The van der Waals surface area contributed by atoms with Crippen LogP contribution < -0.4 is 0 Å². The van der Waals surface area contributed by atoms with Crippen LogP contribution in [0.5, 0.6) is 0 Å². The van der Waals surface area contributed by atoms with E-state index in [0.29, 0.717) is 25.7 Å². The number of carbonyl (C=O) groups is 4. The van der Waals surface area contributed by atoms with E-state index in [-0.39, 0.29) is 43.9 Å². The SMILES string of the molecule is CCC(C)(C)C(=O)OCCOC(=O)CCC(=O)OC1CCC2CC1(C)OC2=O. The van der Waals surface area contributed by atoms with Crippen molar-refractivity contribution in [1.82, 2.24) is 0 Å². The van der Waals surface area contributed by atoms with Gasteiger partial charge in [0.1, 0.15) is 24.9 Å². The van der Waals surface area contributed by atoms with Crippen molar-refractivity contribution in [3.63, 3.8) is 0 Å². The Kier molecular flexibility index (Phi) is 7.06. The minimum absolute atomic E-state index is 0.0224. The van der Waals surface area contributed by atoms with Crippen LogP contribution in [0.1, 0.15) is 66.2 Å². The van der Waals surface area contributed by atoms with Gasteiger partial charge in [0.15, 0.2) is 0 Å². The number of ether oxygens (including phenoxy) is 4. The molecule has 0 aromatic rings. The van der Waals surface area contributed by atoms with E-state index >= 15 is 0 Å². The van der Waals surface area contributed by atoms with Crippen LogP contribution in [0.3, 0.4) is 0 Å². The summed E-state index contributed by atoms with van der Waals surface area (Å²) in [5.41, 5.74) is -1.34. The van der Waals surface area contributed by atoms with Crippen LogP contribution in [0, 0.1) is 11.3 Å². The largest absolute Gasteiger partial charge is 0.462 e. The minimum atomic E-state index is -0.772. The lowest BCUT2D eigenvalue weighted by Gasteiger charge is -2.34. The van der Waals surface area contributed by atoms with Gasteiger partial charge in [-0.05, 0) is 40.0 Å². The monoisotopic (exact) mass is 398 g/mol. The Morgan fingerprint density at radius 3 is 2.43 bits per heavy atom. The summed E-state index contributed by atoms with van der Waals surface area (Å²) in [5, 5.41) is 0. The van der Waals surface area contributed by atoms with Crippen molar-refractivity contribution < 1.29 is 38.1 Å². The lowest BCUT2D eigenvalue weighted by molar-refractivity contribution is -0.174. The van der Waals surface area contributed by atoms with Crippen molar-refractivity contribution in [2.45, 2.75) is 77.9 Å². The molecular weight excluding hydrogens is 368 g/mol. The smallest absolute Gasteiger partial charge is 0.311 e. The van der Waals surface area contributed by atoms with Gasteiger partial charge in [0.05, 0.1) is 24.2 Å². The van der Waals surface area contributed by atoms with Crippen LogP contribution in [-0.2, 0) is 38.1 Å². The minimum Gasteiger partial charge on any atom is -0.462 e. The second-order valence-electron chi connectivity index (χ2n) is 8.28. The first-order chi connectivity index (χ1) is 13.1. The summed E-state index contributed by atoms with van der Waals surface area (Å²) in [6.07, 6.45) is 1.68. The second-order valence-corrected chi connectivity index (χ2v) is 8.28. The highest BCUT2D eigenvalue weighted by molar-refractivity contribution is 5.79. The summed E-state index contributed by atoms with van der Waals surface area (Å²) < 4.78 is 20.9. The molecule has 2 fully saturated rings. The molecule has 0 aromatic carbocycles. The standard InChI is InChI=1S/C20H30O8/c1-5-19(2,3)18(24)26-11-10-25-15(21)8-9-16(22)27-14-7-6-13-12-20(14,4)28-17(13)23/h13-14H,5-12H2,1-4H3. The van der Waals surface area contributed by atoms with Crippen molar-refractivity contribution in [1.29, 1.82) is 0 Å². The van der Waals surface area contributed by atoms with E-state index in [1.807, 2.05) is 6.92 Å². The highest BCUT2D eigenvalue weighted by Gasteiger charge is 2.53. The van der Waals surface area contributed by atoms with Crippen molar-refractivity contribution in [3.8, 4) is 0 Å². The van der Waals surface area contributed by atoms with Crippen LogP contribution in [-0.4, -0.2) is 48.8 Å². The van der Waals surface area contributed by atoms with E-state index in [0.717, 1.165) is 0 Å². The predicted molar refractivity (Wildman–Crippen MR) is 96.9 cm³/mol. The molecule has 2 aliphatic rings. The maximum atomic E-state index is 12.0. The Morgan fingerprint density at radius 2 is 1.75 bits per heavy atom. The molecule has 0 amide bonds. The second kappa shape index (κ2) is 8.92. The third-order valence-electron chi connectivity index (χ3n) is 5.60. The molecule has 0 N–H and O–H groups in total. The van der Waals surface area contributed by atoms with Gasteiger partial charge in [-0.3, -0.25) is 19.2 Å². The highest BCUT2D eigenvalue weighted by Crippen LogP contribution is 2.43. The number of rotatable bonds is 9. The molecule has 158 valence electrons. The Labute approximate surface area is 165 Å². The number of esters is 4. The summed E-state index contributed by atoms with van der Waals surface area (Å²) in [4.78, 5) is 47.2. The predicted octanol–water partition coefficient (Wildman–Crippen LogP) is 2.32. The molecular formula is C20H30O8. The van der Waals surface area contributed by atoms with Gasteiger partial charge >= 0.3 is 23.9 Å². The summed E-state index contributed by atoms with van der Waals surface area (Å²) in [7, 11) is 0. The van der Waals surface area contributed by atoms with Crippen LogP contribution >= 0.6 is 0 Å². The molecule has 0 spiro atoms. The van der Waals surface area contributed by atoms with Crippen molar-refractivity contribution in [2.24, 2.45) is 11.3 Å². The molecule has 0 radical (unpaired) electrons. The van der Waals surface area contributed by atoms with Crippen molar-refractivity contribution in [2.75, 3.05) is 13.2 Å². The van der Waals surface area contributed by atoms with Crippen LogP contribution in [0.2, 0.25) is 0 Å². The molecule has 1 aliphatic carbocycles. The molecule has 2 rings (SSSR count). The van der Waals surface area contributed by atoms with E-state index in [2.05, 4.69) is 0 Å². The Morgan fingerprint density at radius 1 is 1.11 bits per heavy atom. The molecule has 28 heavy (non-hydrogen) atoms. The van der Waals surface area contributed by atoms with Gasteiger partial charge in [-0.2, -0.15) is 0 Å². The lowest BCUT2D eigenvalue weighted by atomic mass is 9.80. The summed E-state index contributed by atoms with van der Waals surface area (Å²) in [6.45, 7) is 7.15. The molecule has 3 atom stereocenters. The average Bonchev–Trinajstić information content (AvgIpc) is 2.88. The Balaban J connectivity index is 1.63. The molecule has 1 saturated heterocycles. The summed E-state index contributed by atoms with van der Waals surface area (Å²) in [5.74, 6) is -1.77. The van der Waals surface area contributed by atoms with Gasteiger partial charge < -0.3 is 18.9 Å². The normalized spacial score (nSPS) is 26.4. The maximum Gasteiger partial charge on any atom is 0.311 e. The first kappa shape index (κ1) is 22.2. The maximum absolute atomic E-state index is 12.0. The van der Waals surface area contributed by atoms with Gasteiger partial charge in [-0.25, -0.2) is 0 Å². The number of hydrogen-bond acceptors (Lipinski definition) is 8. The Bertz CT molecular complexity index is 626. The molecule has 8 nitrogen and oxygen atoms in total.